The second-order valence-corrected chi connectivity index (χ2v) is 5.73. The van der Waals surface area contributed by atoms with Gasteiger partial charge in [-0.15, -0.1) is 6.58 Å². The van der Waals surface area contributed by atoms with Crippen molar-refractivity contribution in [2.45, 2.75) is 6.04 Å². The zero-order valence-corrected chi connectivity index (χ0v) is 12.9. The average molecular weight is 317 g/mol. The largest absolute Gasteiger partial charge is 0.450 e. The van der Waals surface area contributed by atoms with Crippen LogP contribution in [0, 0.1) is 0 Å². The van der Waals surface area contributed by atoms with Crippen LogP contribution in [0.2, 0.25) is 0 Å². The highest BCUT2D eigenvalue weighted by Crippen LogP contribution is 2.37. The van der Waals surface area contributed by atoms with Gasteiger partial charge in [-0.2, -0.15) is 0 Å². The van der Waals surface area contributed by atoms with Gasteiger partial charge in [0.15, 0.2) is 5.43 Å². The van der Waals surface area contributed by atoms with Crippen molar-refractivity contribution < 1.29 is 9.21 Å². The number of fused-ring (bicyclic) bond motifs is 2. The Morgan fingerprint density at radius 1 is 1.04 bits per heavy atom. The molecule has 1 amide bonds. The van der Waals surface area contributed by atoms with E-state index in [2.05, 4.69) is 6.58 Å². The molecule has 4 rings (SSSR count). The Morgan fingerprint density at radius 3 is 2.50 bits per heavy atom. The molecule has 0 saturated heterocycles. The minimum atomic E-state index is -0.451. The van der Waals surface area contributed by atoms with E-state index in [1.807, 2.05) is 30.3 Å². The molecule has 0 N–H and O–H groups in total. The topological polar surface area (TPSA) is 50.5 Å². The summed E-state index contributed by atoms with van der Waals surface area (Å²) in [7, 11) is 0. The van der Waals surface area contributed by atoms with Gasteiger partial charge in [0, 0.05) is 6.54 Å². The van der Waals surface area contributed by atoms with Gasteiger partial charge in [-0.1, -0.05) is 48.5 Å². The van der Waals surface area contributed by atoms with Crippen molar-refractivity contribution in [3.8, 4) is 0 Å². The normalized spacial score (nSPS) is 16.4. The fourth-order valence-corrected chi connectivity index (χ4v) is 3.28. The van der Waals surface area contributed by atoms with Crippen molar-refractivity contribution in [2.24, 2.45) is 0 Å². The molecule has 24 heavy (non-hydrogen) atoms. The van der Waals surface area contributed by atoms with Crippen LogP contribution in [0.15, 0.2) is 76.5 Å². The van der Waals surface area contributed by atoms with Gasteiger partial charge < -0.3 is 9.32 Å². The number of benzene rings is 2. The maximum Gasteiger partial charge on any atom is 0.291 e. The lowest BCUT2D eigenvalue weighted by Crippen LogP contribution is -2.29. The van der Waals surface area contributed by atoms with E-state index in [1.54, 1.807) is 35.2 Å². The smallest absolute Gasteiger partial charge is 0.291 e. The molecule has 0 radical (unpaired) electrons. The highest BCUT2D eigenvalue weighted by Gasteiger charge is 2.41. The van der Waals surface area contributed by atoms with Crippen LogP contribution in [0.25, 0.3) is 11.0 Å². The first-order valence-corrected chi connectivity index (χ1v) is 7.75. The van der Waals surface area contributed by atoms with Crippen molar-refractivity contribution in [2.75, 3.05) is 6.54 Å². The van der Waals surface area contributed by atoms with E-state index >= 15 is 0 Å². The Kier molecular flexibility index (Phi) is 3.31. The van der Waals surface area contributed by atoms with Gasteiger partial charge in [0.2, 0.25) is 5.76 Å². The Morgan fingerprint density at radius 2 is 1.75 bits per heavy atom. The number of rotatable bonds is 3. The fourth-order valence-electron chi connectivity index (χ4n) is 3.28. The molecule has 0 fully saturated rings. The predicted molar refractivity (Wildman–Crippen MR) is 92.0 cm³/mol. The molecule has 2 aromatic carbocycles. The Bertz CT molecular complexity index is 1000. The van der Waals surface area contributed by atoms with Gasteiger partial charge in [0.1, 0.15) is 5.58 Å². The first-order chi connectivity index (χ1) is 11.7. The Hall–Kier alpha value is -3.14. The third-order valence-electron chi connectivity index (χ3n) is 4.31. The molecule has 0 aliphatic carbocycles. The van der Waals surface area contributed by atoms with Crippen LogP contribution < -0.4 is 5.43 Å². The Balaban J connectivity index is 2.04. The predicted octanol–water partition coefficient (Wildman–Crippen LogP) is 3.52. The highest BCUT2D eigenvalue weighted by atomic mass is 16.3. The lowest BCUT2D eigenvalue weighted by molar-refractivity contribution is 0.0748. The van der Waals surface area contributed by atoms with E-state index in [0.717, 1.165) is 5.56 Å². The summed E-state index contributed by atoms with van der Waals surface area (Å²) in [6, 6.07) is 16.1. The van der Waals surface area contributed by atoms with Crippen LogP contribution in [-0.2, 0) is 0 Å². The molecule has 1 aliphatic heterocycles. The van der Waals surface area contributed by atoms with Gasteiger partial charge in [0.25, 0.3) is 5.91 Å². The molecule has 4 nitrogen and oxygen atoms in total. The summed E-state index contributed by atoms with van der Waals surface area (Å²) in [5, 5.41) is 0.491. The zero-order chi connectivity index (χ0) is 16.7. The number of hydrogen-bond donors (Lipinski definition) is 0. The molecule has 118 valence electrons. The maximum absolute atomic E-state index is 13.0. The minimum Gasteiger partial charge on any atom is -0.450 e. The second-order valence-electron chi connectivity index (χ2n) is 5.73. The van der Waals surface area contributed by atoms with E-state index < -0.39 is 6.04 Å². The van der Waals surface area contributed by atoms with Crippen molar-refractivity contribution in [3.63, 3.8) is 0 Å². The van der Waals surface area contributed by atoms with Gasteiger partial charge in [0.05, 0.1) is 17.0 Å². The maximum atomic E-state index is 13.0. The molecule has 1 aliphatic rings. The van der Waals surface area contributed by atoms with Gasteiger partial charge >= 0.3 is 0 Å². The second kappa shape index (κ2) is 5.49. The van der Waals surface area contributed by atoms with E-state index in [9.17, 15) is 9.59 Å². The molecule has 1 aromatic heterocycles. The summed E-state index contributed by atoms with van der Waals surface area (Å²) < 4.78 is 5.80. The lowest BCUT2D eigenvalue weighted by Gasteiger charge is -2.23. The van der Waals surface area contributed by atoms with Crippen molar-refractivity contribution in [1.29, 1.82) is 0 Å². The molecular formula is C20H15NO3. The third kappa shape index (κ3) is 2.00. The van der Waals surface area contributed by atoms with Crippen LogP contribution in [0.3, 0.4) is 0 Å². The molecular weight excluding hydrogens is 302 g/mol. The van der Waals surface area contributed by atoms with E-state index in [-0.39, 0.29) is 17.1 Å². The van der Waals surface area contributed by atoms with Crippen LogP contribution in [0.1, 0.15) is 27.7 Å². The van der Waals surface area contributed by atoms with Gasteiger partial charge in [-0.3, -0.25) is 9.59 Å². The first-order valence-electron chi connectivity index (χ1n) is 7.75. The highest BCUT2D eigenvalue weighted by molar-refractivity contribution is 5.99. The monoisotopic (exact) mass is 317 g/mol. The summed E-state index contributed by atoms with van der Waals surface area (Å²) in [4.78, 5) is 27.5. The number of carbonyl (C=O) groups is 1. The molecule has 0 saturated carbocycles. The fraction of sp³-hybridized carbons (Fsp3) is 0.100. The van der Waals surface area contributed by atoms with Crippen LogP contribution in [0.5, 0.6) is 0 Å². The van der Waals surface area contributed by atoms with Gasteiger partial charge in [-0.25, -0.2) is 0 Å². The van der Waals surface area contributed by atoms with Crippen molar-refractivity contribution >= 4 is 16.9 Å². The molecule has 0 unspecified atom stereocenters. The van der Waals surface area contributed by atoms with E-state index in [1.165, 1.54) is 0 Å². The van der Waals surface area contributed by atoms with Crippen LogP contribution in [-0.4, -0.2) is 17.4 Å². The number of para-hydroxylation sites is 1. The summed E-state index contributed by atoms with van der Waals surface area (Å²) >= 11 is 0. The summed E-state index contributed by atoms with van der Waals surface area (Å²) in [5.41, 5.74) is 1.57. The number of carbonyl (C=O) groups excluding carboxylic acids is 1. The Labute approximate surface area is 138 Å². The molecule has 1 atom stereocenters. The van der Waals surface area contributed by atoms with Gasteiger partial charge in [-0.05, 0) is 17.7 Å². The molecule has 0 bridgehead atoms. The van der Waals surface area contributed by atoms with Crippen LogP contribution in [0.4, 0.5) is 0 Å². The quantitative estimate of drug-likeness (QED) is 0.694. The number of amides is 1. The third-order valence-corrected chi connectivity index (χ3v) is 4.31. The van der Waals surface area contributed by atoms with Crippen LogP contribution >= 0.6 is 0 Å². The molecule has 4 heteroatoms. The summed E-state index contributed by atoms with van der Waals surface area (Å²) in [6.07, 6.45) is 1.66. The van der Waals surface area contributed by atoms with E-state index in [4.69, 9.17) is 4.42 Å². The number of hydrogen-bond acceptors (Lipinski definition) is 3. The molecule has 2 heterocycles. The lowest BCUT2D eigenvalue weighted by atomic mass is 9.98. The van der Waals surface area contributed by atoms with Crippen molar-refractivity contribution in [1.82, 2.24) is 4.90 Å². The summed E-state index contributed by atoms with van der Waals surface area (Å²) in [5.74, 6) is -0.143. The standard InChI is InChI=1S/C20H15NO3/c1-2-12-21-17(13-8-4-3-5-9-13)16-18(22)14-10-6-7-11-15(14)24-19(16)20(21)23/h2-11,17H,1,12H2/t17-/m0/s1. The molecule has 3 aromatic rings. The minimum absolute atomic E-state index is 0.134. The van der Waals surface area contributed by atoms with Crippen molar-refractivity contribution in [3.05, 3.63) is 94.4 Å². The zero-order valence-electron chi connectivity index (χ0n) is 12.9. The average Bonchev–Trinajstić information content (AvgIpc) is 2.89. The summed E-state index contributed by atoms with van der Waals surface area (Å²) in [6.45, 7) is 4.07. The van der Waals surface area contributed by atoms with E-state index in [0.29, 0.717) is 23.1 Å². The SMILES string of the molecule is C=CCN1C(=O)c2oc3ccccc3c(=O)c2[C@@H]1c1ccccc1. The number of nitrogens with zero attached hydrogens (tertiary/aromatic N) is 1. The molecule has 0 spiro atoms. The first kappa shape index (κ1) is 14.5.